The number of nitrogens with zero attached hydrogens (tertiary/aromatic N) is 1. The SMILES string of the molecule is C[S+](C)(=O)c1ccc(C#N)cc1. The number of benzene rings is 1. The highest BCUT2D eigenvalue weighted by Gasteiger charge is 2.16. The molecule has 0 bridgehead atoms. The van der Waals surface area contributed by atoms with Gasteiger partial charge in [-0.2, -0.15) is 5.26 Å². The highest BCUT2D eigenvalue weighted by molar-refractivity contribution is 8.01. The van der Waals surface area contributed by atoms with Gasteiger partial charge in [-0.05, 0) is 24.3 Å². The summed E-state index contributed by atoms with van der Waals surface area (Å²) in [7, 11) is -1.89. The summed E-state index contributed by atoms with van der Waals surface area (Å²) in [5.41, 5.74) is 0.599. The maximum Gasteiger partial charge on any atom is 0.157 e. The molecule has 0 aromatic heterocycles. The second kappa shape index (κ2) is 3.08. The van der Waals surface area contributed by atoms with Crippen LogP contribution in [0.2, 0.25) is 0 Å². The van der Waals surface area contributed by atoms with Crippen molar-refractivity contribution >= 4 is 9.93 Å². The zero-order chi connectivity index (χ0) is 9.19. The van der Waals surface area contributed by atoms with Crippen molar-refractivity contribution in [2.24, 2.45) is 0 Å². The molecule has 1 aromatic carbocycles. The van der Waals surface area contributed by atoms with Crippen molar-refractivity contribution in [3.05, 3.63) is 29.8 Å². The Morgan fingerprint density at radius 1 is 1.25 bits per heavy atom. The molecule has 62 valence electrons. The van der Waals surface area contributed by atoms with Crippen LogP contribution in [0, 0.1) is 11.3 Å². The van der Waals surface area contributed by atoms with E-state index >= 15 is 0 Å². The highest BCUT2D eigenvalue weighted by Crippen LogP contribution is 2.14. The van der Waals surface area contributed by atoms with Crippen LogP contribution in [0.25, 0.3) is 0 Å². The summed E-state index contributed by atoms with van der Waals surface area (Å²) < 4.78 is 11.5. The van der Waals surface area contributed by atoms with E-state index in [0.29, 0.717) is 5.56 Å². The molecule has 0 saturated carbocycles. The van der Waals surface area contributed by atoms with Crippen molar-refractivity contribution in [1.82, 2.24) is 0 Å². The zero-order valence-electron chi connectivity index (χ0n) is 7.07. The molecule has 0 radical (unpaired) electrons. The van der Waals surface area contributed by atoms with Gasteiger partial charge in [0.1, 0.15) is 22.4 Å². The quantitative estimate of drug-likeness (QED) is 0.617. The summed E-state index contributed by atoms with van der Waals surface area (Å²) in [5, 5.41) is 8.51. The number of nitriles is 1. The third kappa shape index (κ3) is 1.93. The minimum atomic E-state index is -1.89. The maximum absolute atomic E-state index is 11.5. The van der Waals surface area contributed by atoms with Crippen molar-refractivity contribution in [2.45, 2.75) is 4.90 Å². The fraction of sp³-hybridized carbons (Fsp3) is 0.222. The van der Waals surface area contributed by atoms with Crippen molar-refractivity contribution in [3.8, 4) is 6.07 Å². The van der Waals surface area contributed by atoms with Crippen LogP contribution in [0.5, 0.6) is 0 Å². The van der Waals surface area contributed by atoms with E-state index < -0.39 is 9.93 Å². The molecule has 0 saturated heterocycles. The largest absolute Gasteiger partial charge is 0.192 e. The molecule has 1 aromatic rings. The Morgan fingerprint density at radius 2 is 1.75 bits per heavy atom. The predicted octanol–water partition coefficient (Wildman–Crippen LogP) is 1.68. The Hall–Kier alpha value is -1.14. The molecule has 0 fully saturated rings. The highest BCUT2D eigenvalue weighted by atomic mass is 32.2. The second-order valence-electron chi connectivity index (χ2n) is 2.87. The summed E-state index contributed by atoms with van der Waals surface area (Å²) in [4.78, 5) is 0.793. The first-order chi connectivity index (χ1) is 5.54. The smallest absolute Gasteiger partial charge is 0.157 e. The monoisotopic (exact) mass is 180 g/mol. The summed E-state index contributed by atoms with van der Waals surface area (Å²) in [6, 6.07) is 8.85. The van der Waals surface area contributed by atoms with E-state index in [9.17, 15) is 4.21 Å². The lowest BCUT2D eigenvalue weighted by Gasteiger charge is -1.98. The van der Waals surface area contributed by atoms with E-state index in [1.165, 1.54) is 0 Å². The van der Waals surface area contributed by atoms with Crippen LogP contribution in [0.3, 0.4) is 0 Å². The minimum absolute atomic E-state index is 0.599. The normalized spacial score (nSPS) is 10.8. The lowest BCUT2D eigenvalue weighted by molar-refractivity contribution is 0.591. The molecule has 0 N–H and O–H groups in total. The van der Waals surface area contributed by atoms with E-state index in [0.717, 1.165) is 4.90 Å². The molecule has 0 heterocycles. The molecule has 1 rings (SSSR count). The fourth-order valence-electron chi connectivity index (χ4n) is 0.857. The lowest BCUT2D eigenvalue weighted by atomic mass is 10.2. The molecule has 0 aliphatic heterocycles. The fourth-order valence-corrected chi connectivity index (χ4v) is 1.65. The van der Waals surface area contributed by atoms with Gasteiger partial charge in [0.25, 0.3) is 0 Å². The zero-order valence-corrected chi connectivity index (χ0v) is 7.89. The van der Waals surface area contributed by atoms with Gasteiger partial charge in [0.2, 0.25) is 0 Å². The van der Waals surface area contributed by atoms with Gasteiger partial charge in [-0.15, -0.1) is 4.21 Å². The van der Waals surface area contributed by atoms with Gasteiger partial charge in [-0.25, -0.2) is 0 Å². The number of rotatable bonds is 1. The van der Waals surface area contributed by atoms with Crippen LogP contribution >= 0.6 is 0 Å². The molecule has 0 atom stereocenters. The first kappa shape index (κ1) is 8.95. The average molecular weight is 180 g/mol. The Bertz CT molecular complexity index is 355. The molecule has 0 spiro atoms. The van der Waals surface area contributed by atoms with E-state index in [2.05, 4.69) is 0 Å². The molecule has 0 aliphatic carbocycles. The molecule has 2 nitrogen and oxygen atoms in total. The van der Waals surface area contributed by atoms with Gasteiger partial charge < -0.3 is 0 Å². The first-order valence-electron chi connectivity index (χ1n) is 3.48. The molecule has 0 aliphatic rings. The van der Waals surface area contributed by atoms with Crippen LogP contribution in [0.4, 0.5) is 0 Å². The van der Waals surface area contributed by atoms with Crippen molar-refractivity contribution < 1.29 is 4.21 Å². The third-order valence-corrected chi connectivity index (χ3v) is 2.96. The lowest BCUT2D eigenvalue weighted by Crippen LogP contribution is -2.04. The molecule has 12 heavy (non-hydrogen) atoms. The van der Waals surface area contributed by atoms with Crippen LogP contribution in [-0.2, 0) is 14.1 Å². The predicted molar refractivity (Wildman–Crippen MR) is 49.3 cm³/mol. The van der Waals surface area contributed by atoms with Crippen molar-refractivity contribution in [1.29, 1.82) is 5.26 Å². The molecule has 3 heteroatoms. The van der Waals surface area contributed by atoms with Crippen LogP contribution in [0.15, 0.2) is 29.2 Å². The molecular formula is C9H10NOS+. The molecular weight excluding hydrogens is 170 g/mol. The number of hydrogen-bond donors (Lipinski definition) is 0. The van der Waals surface area contributed by atoms with Gasteiger partial charge in [0.15, 0.2) is 4.90 Å². The summed E-state index contributed by atoms with van der Waals surface area (Å²) in [5.74, 6) is 0. The summed E-state index contributed by atoms with van der Waals surface area (Å²) >= 11 is 0. The van der Waals surface area contributed by atoms with Crippen LogP contribution < -0.4 is 0 Å². The standard InChI is InChI=1S/C9H10NOS/c1-12(2,11)9-5-3-8(7-10)4-6-9/h3-6H,1-2H3/q+1. The van der Waals surface area contributed by atoms with Gasteiger partial charge in [-0.3, -0.25) is 0 Å². The Kier molecular flexibility index (Phi) is 2.30. The van der Waals surface area contributed by atoms with E-state index in [-0.39, 0.29) is 0 Å². The number of hydrogen-bond acceptors (Lipinski definition) is 2. The van der Waals surface area contributed by atoms with Gasteiger partial charge in [0.05, 0.1) is 11.6 Å². The van der Waals surface area contributed by atoms with E-state index in [1.807, 2.05) is 6.07 Å². The summed E-state index contributed by atoms with van der Waals surface area (Å²) in [6.07, 6.45) is 3.38. The van der Waals surface area contributed by atoms with Crippen molar-refractivity contribution in [2.75, 3.05) is 12.5 Å². The van der Waals surface area contributed by atoms with Gasteiger partial charge in [0, 0.05) is 0 Å². The minimum Gasteiger partial charge on any atom is -0.192 e. The Labute approximate surface area is 73.3 Å². The second-order valence-corrected chi connectivity index (χ2v) is 5.81. The van der Waals surface area contributed by atoms with Gasteiger partial charge in [-0.1, -0.05) is 0 Å². The van der Waals surface area contributed by atoms with Crippen molar-refractivity contribution in [3.63, 3.8) is 0 Å². The molecule has 0 unspecified atom stereocenters. The van der Waals surface area contributed by atoms with Crippen LogP contribution in [0.1, 0.15) is 5.56 Å². The van der Waals surface area contributed by atoms with E-state index in [1.54, 1.807) is 36.8 Å². The maximum atomic E-state index is 11.5. The van der Waals surface area contributed by atoms with E-state index in [4.69, 9.17) is 5.26 Å². The average Bonchev–Trinajstić information content (AvgIpc) is 2.03. The Morgan fingerprint density at radius 3 is 2.08 bits per heavy atom. The Balaban J connectivity index is 3.11. The first-order valence-corrected chi connectivity index (χ1v) is 5.86. The topological polar surface area (TPSA) is 40.9 Å². The molecule has 0 amide bonds. The van der Waals surface area contributed by atoms with Crippen LogP contribution in [-0.4, -0.2) is 12.5 Å². The van der Waals surface area contributed by atoms with Gasteiger partial charge >= 0.3 is 0 Å². The third-order valence-electron chi connectivity index (χ3n) is 1.55. The summed E-state index contributed by atoms with van der Waals surface area (Å²) in [6.45, 7) is 0.